The van der Waals surface area contributed by atoms with Crippen LogP contribution in [0.15, 0.2) is 18.2 Å². The number of hydrogen-bond donors (Lipinski definition) is 0. The van der Waals surface area contributed by atoms with E-state index in [2.05, 4.69) is 21.8 Å². The summed E-state index contributed by atoms with van der Waals surface area (Å²) in [5, 5.41) is 0. The quantitative estimate of drug-likeness (QED) is 0.651. The third-order valence-electron chi connectivity index (χ3n) is 2.74. The third-order valence-corrected chi connectivity index (χ3v) is 2.74. The van der Waals surface area contributed by atoms with Gasteiger partial charge in [-0.25, -0.2) is 4.98 Å². The predicted octanol–water partition coefficient (Wildman–Crippen LogP) is 1.36. The molecule has 15 heavy (non-hydrogen) atoms. The maximum atomic E-state index is 13.0. The maximum absolute atomic E-state index is 13.0. The van der Waals surface area contributed by atoms with Crippen molar-refractivity contribution in [2.45, 2.75) is 6.42 Å². The molecule has 0 amide bonds. The highest BCUT2D eigenvalue weighted by atomic mass is 19.1. The van der Waals surface area contributed by atoms with Crippen molar-refractivity contribution in [3.63, 3.8) is 0 Å². The molecule has 3 nitrogen and oxygen atoms in total. The lowest BCUT2D eigenvalue weighted by Crippen LogP contribution is -2.29. The van der Waals surface area contributed by atoms with Gasteiger partial charge in [0.05, 0.1) is 0 Å². The van der Waals surface area contributed by atoms with Gasteiger partial charge in [0, 0.05) is 19.6 Å². The van der Waals surface area contributed by atoms with Crippen molar-refractivity contribution < 1.29 is 4.39 Å². The monoisotopic (exact) mass is 209 g/mol. The van der Waals surface area contributed by atoms with Crippen LogP contribution in [0.3, 0.4) is 0 Å². The van der Waals surface area contributed by atoms with E-state index < -0.39 is 5.95 Å². The molecule has 0 unspecified atom stereocenters. The number of anilines is 1. The Kier molecular flexibility index (Phi) is 3.16. The minimum Gasteiger partial charge on any atom is -0.355 e. The van der Waals surface area contributed by atoms with E-state index in [1.54, 1.807) is 6.07 Å². The number of rotatable bonds is 1. The van der Waals surface area contributed by atoms with Gasteiger partial charge < -0.3 is 9.80 Å². The summed E-state index contributed by atoms with van der Waals surface area (Å²) in [6.07, 6.45) is 1.11. The fourth-order valence-electron chi connectivity index (χ4n) is 1.85. The van der Waals surface area contributed by atoms with Crippen molar-refractivity contribution in [2.24, 2.45) is 0 Å². The molecule has 0 spiro atoms. The molecular formula is C11H16FN3. The molecule has 1 saturated heterocycles. The van der Waals surface area contributed by atoms with E-state index in [1.807, 2.05) is 6.07 Å². The summed E-state index contributed by atoms with van der Waals surface area (Å²) in [5.74, 6) is 0.357. The van der Waals surface area contributed by atoms with E-state index in [1.165, 1.54) is 6.07 Å². The van der Waals surface area contributed by atoms with Crippen LogP contribution >= 0.6 is 0 Å². The summed E-state index contributed by atoms with van der Waals surface area (Å²) in [6.45, 7) is 4.00. The molecule has 2 heterocycles. The zero-order valence-electron chi connectivity index (χ0n) is 8.99. The smallest absolute Gasteiger partial charge is 0.214 e. The lowest BCUT2D eigenvalue weighted by atomic mass is 10.3. The number of hydrogen-bond acceptors (Lipinski definition) is 3. The van der Waals surface area contributed by atoms with Crippen LogP contribution in [-0.4, -0.2) is 43.1 Å². The van der Waals surface area contributed by atoms with Gasteiger partial charge >= 0.3 is 0 Å². The molecule has 4 heteroatoms. The molecule has 0 bridgehead atoms. The van der Waals surface area contributed by atoms with Crippen LogP contribution in [0.25, 0.3) is 0 Å². The second kappa shape index (κ2) is 4.57. The summed E-state index contributed by atoms with van der Waals surface area (Å²) in [4.78, 5) is 8.34. The molecule has 1 fully saturated rings. The van der Waals surface area contributed by atoms with Crippen LogP contribution in [0.2, 0.25) is 0 Å². The van der Waals surface area contributed by atoms with Crippen LogP contribution in [0.4, 0.5) is 10.2 Å². The number of aromatic nitrogens is 1. The molecule has 0 radical (unpaired) electrons. The second-order valence-corrected chi connectivity index (χ2v) is 3.96. The summed E-state index contributed by atoms with van der Waals surface area (Å²) < 4.78 is 13.0. The van der Waals surface area contributed by atoms with Crippen LogP contribution < -0.4 is 4.90 Å². The minimum atomic E-state index is -0.398. The molecule has 0 aliphatic carbocycles. The van der Waals surface area contributed by atoms with Gasteiger partial charge in [-0.1, -0.05) is 6.07 Å². The molecule has 1 aliphatic rings. The number of likely N-dealkylation sites (N-methyl/N-ethyl adjacent to an activating group) is 1. The van der Waals surface area contributed by atoms with E-state index in [9.17, 15) is 4.39 Å². The van der Waals surface area contributed by atoms with Crippen molar-refractivity contribution in [1.82, 2.24) is 9.88 Å². The molecule has 0 N–H and O–H groups in total. The molecule has 82 valence electrons. The topological polar surface area (TPSA) is 19.4 Å². The first-order chi connectivity index (χ1) is 7.25. The Labute approximate surface area is 89.5 Å². The van der Waals surface area contributed by atoms with Crippen molar-refractivity contribution in [3.8, 4) is 0 Å². The highest BCUT2D eigenvalue weighted by molar-refractivity contribution is 5.38. The standard InChI is InChI=1S/C11H16FN3/c1-14-6-3-7-15(9-8-14)11-5-2-4-10(12)13-11/h2,4-5H,3,6-9H2,1H3. The molecule has 2 rings (SSSR count). The fourth-order valence-corrected chi connectivity index (χ4v) is 1.85. The Hall–Kier alpha value is -1.16. The van der Waals surface area contributed by atoms with Crippen LogP contribution in [0, 0.1) is 5.95 Å². The Bertz CT molecular complexity index is 329. The molecular weight excluding hydrogens is 193 g/mol. The van der Waals surface area contributed by atoms with Crippen molar-refractivity contribution in [3.05, 3.63) is 24.1 Å². The minimum absolute atomic E-state index is 0.398. The molecule has 1 aromatic heterocycles. The van der Waals surface area contributed by atoms with Crippen molar-refractivity contribution in [2.75, 3.05) is 38.1 Å². The average molecular weight is 209 g/mol. The lowest BCUT2D eigenvalue weighted by molar-refractivity contribution is 0.360. The lowest BCUT2D eigenvalue weighted by Gasteiger charge is -2.21. The number of nitrogens with zero attached hydrogens (tertiary/aromatic N) is 3. The first-order valence-corrected chi connectivity index (χ1v) is 5.32. The van der Waals surface area contributed by atoms with Gasteiger partial charge in [0.2, 0.25) is 5.95 Å². The Balaban J connectivity index is 2.09. The molecule has 0 saturated carbocycles. The second-order valence-electron chi connectivity index (χ2n) is 3.96. The molecule has 0 aromatic carbocycles. The Morgan fingerprint density at radius 2 is 2.07 bits per heavy atom. The summed E-state index contributed by atoms with van der Waals surface area (Å²) in [7, 11) is 2.11. The van der Waals surface area contributed by atoms with Gasteiger partial charge in [-0.2, -0.15) is 4.39 Å². The van der Waals surface area contributed by atoms with Crippen molar-refractivity contribution in [1.29, 1.82) is 0 Å². The van der Waals surface area contributed by atoms with Crippen LogP contribution in [0.1, 0.15) is 6.42 Å². The normalized spacial score (nSPS) is 18.9. The Morgan fingerprint density at radius 1 is 1.20 bits per heavy atom. The van der Waals surface area contributed by atoms with Gasteiger partial charge in [0.15, 0.2) is 0 Å². The first kappa shape index (κ1) is 10.4. The zero-order chi connectivity index (χ0) is 10.7. The van der Waals surface area contributed by atoms with E-state index in [-0.39, 0.29) is 0 Å². The van der Waals surface area contributed by atoms with Crippen molar-refractivity contribution >= 4 is 5.82 Å². The van der Waals surface area contributed by atoms with Gasteiger partial charge in [-0.05, 0) is 32.1 Å². The predicted molar refractivity (Wildman–Crippen MR) is 58.5 cm³/mol. The largest absolute Gasteiger partial charge is 0.355 e. The highest BCUT2D eigenvalue weighted by Crippen LogP contribution is 2.13. The average Bonchev–Trinajstić information content (AvgIpc) is 2.43. The first-order valence-electron chi connectivity index (χ1n) is 5.32. The maximum Gasteiger partial charge on any atom is 0.214 e. The van der Waals surface area contributed by atoms with Gasteiger partial charge in [0.25, 0.3) is 0 Å². The van der Waals surface area contributed by atoms with Gasteiger partial charge in [0.1, 0.15) is 5.82 Å². The van der Waals surface area contributed by atoms with Gasteiger partial charge in [-0.3, -0.25) is 0 Å². The van der Waals surface area contributed by atoms with E-state index in [0.29, 0.717) is 0 Å². The SMILES string of the molecule is CN1CCCN(c2cccc(F)n2)CC1. The van der Waals surface area contributed by atoms with Gasteiger partial charge in [-0.15, -0.1) is 0 Å². The molecule has 0 atom stereocenters. The summed E-state index contributed by atoms with van der Waals surface area (Å²) >= 11 is 0. The van der Waals surface area contributed by atoms with E-state index in [4.69, 9.17) is 0 Å². The third kappa shape index (κ3) is 2.65. The Morgan fingerprint density at radius 3 is 2.87 bits per heavy atom. The number of pyridine rings is 1. The molecule has 1 aromatic rings. The zero-order valence-corrected chi connectivity index (χ0v) is 8.99. The summed E-state index contributed by atoms with van der Waals surface area (Å²) in [6, 6.07) is 4.97. The number of halogens is 1. The van der Waals surface area contributed by atoms with E-state index >= 15 is 0 Å². The highest BCUT2D eigenvalue weighted by Gasteiger charge is 2.13. The van der Waals surface area contributed by atoms with Crippen LogP contribution in [-0.2, 0) is 0 Å². The van der Waals surface area contributed by atoms with E-state index in [0.717, 1.165) is 38.4 Å². The fraction of sp³-hybridized carbons (Fsp3) is 0.545. The summed E-state index contributed by atoms with van der Waals surface area (Å²) in [5.41, 5.74) is 0. The molecule has 1 aliphatic heterocycles. The van der Waals surface area contributed by atoms with Crippen LogP contribution in [0.5, 0.6) is 0 Å².